The molecule has 2 fully saturated rings. The Kier molecular flexibility index (Phi) is 4.66. The molecule has 0 unspecified atom stereocenters. The first-order chi connectivity index (χ1) is 8.35. The molecule has 3 heteroatoms. The molecule has 2 aliphatic rings. The molecule has 1 N–H and O–H groups in total. The maximum absolute atomic E-state index is 3.50. The molecule has 0 bridgehead atoms. The molecule has 2 aliphatic heterocycles. The summed E-state index contributed by atoms with van der Waals surface area (Å²) in [5, 5.41) is 3.50. The molecule has 2 heterocycles. The third-order valence-corrected chi connectivity index (χ3v) is 4.30. The lowest BCUT2D eigenvalue weighted by atomic mass is 10.0. The molecule has 0 radical (unpaired) electrons. The van der Waals surface area contributed by atoms with Gasteiger partial charge in [-0.15, -0.1) is 12.4 Å². The average molecular weight is 267 g/mol. The van der Waals surface area contributed by atoms with Gasteiger partial charge in [-0.05, 0) is 42.5 Å². The molecule has 0 aliphatic carbocycles. The fourth-order valence-electron chi connectivity index (χ4n) is 3.22. The highest BCUT2D eigenvalue weighted by Crippen LogP contribution is 2.27. The van der Waals surface area contributed by atoms with Gasteiger partial charge in [-0.1, -0.05) is 31.2 Å². The van der Waals surface area contributed by atoms with Crippen molar-refractivity contribution in [2.45, 2.75) is 19.9 Å². The Labute approximate surface area is 116 Å². The second kappa shape index (κ2) is 6.05. The summed E-state index contributed by atoms with van der Waals surface area (Å²) in [6.07, 6.45) is 1.14. The van der Waals surface area contributed by atoms with Crippen LogP contribution in [-0.4, -0.2) is 31.1 Å². The van der Waals surface area contributed by atoms with Gasteiger partial charge in [0.05, 0.1) is 0 Å². The van der Waals surface area contributed by atoms with Crippen LogP contribution in [0.1, 0.15) is 18.1 Å². The molecular formula is C15H23ClN2. The predicted octanol–water partition coefficient (Wildman–Crippen LogP) is 2.32. The topological polar surface area (TPSA) is 15.3 Å². The number of fused-ring (bicyclic) bond motifs is 1. The van der Waals surface area contributed by atoms with Crippen molar-refractivity contribution in [1.29, 1.82) is 0 Å². The van der Waals surface area contributed by atoms with Gasteiger partial charge in [0.1, 0.15) is 0 Å². The average Bonchev–Trinajstić information content (AvgIpc) is 2.90. The molecule has 1 aromatic rings. The van der Waals surface area contributed by atoms with Crippen LogP contribution in [0.3, 0.4) is 0 Å². The Bertz CT molecular complexity index is 365. The maximum atomic E-state index is 3.50. The summed E-state index contributed by atoms with van der Waals surface area (Å²) in [7, 11) is 0. The van der Waals surface area contributed by atoms with Crippen LogP contribution in [0, 0.1) is 11.8 Å². The highest BCUT2D eigenvalue weighted by atomic mass is 35.5. The molecule has 0 amide bonds. The summed E-state index contributed by atoms with van der Waals surface area (Å²) >= 11 is 0. The zero-order valence-electron chi connectivity index (χ0n) is 11.1. The van der Waals surface area contributed by atoms with E-state index < -0.39 is 0 Å². The van der Waals surface area contributed by atoms with Crippen molar-refractivity contribution in [2.75, 3.05) is 26.2 Å². The van der Waals surface area contributed by atoms with Gasteiger partial charge in [-0.2, -0.15) is 0 Å². The van der Waals surface area contributed by atoms with Gasteiger partial charge < -0.3 is 5.32 Å². The van der Waals surface area contributed by atoms with Crippen molar-refractivity contribution in [3.8, 4) is 0 Å². The van der Waals surface area contributed by atoms with Crippen molar-refractivity contribution in [3.63, 3.8) is 0 Å². The van der Waals surface area contributed by atoms with E-state index in [0.717, 1.165) is 24.8 Å². The van der Waals surface area contributed by atoms with Gasteiger partial charge in [0.15, 0.2) is 0 Å². The molecule has 2 saturated heterocycles. The van der Waals surface area contributed by atoms with Gasteiger partial charge >= 0.3 is 0 Å². The number of nitrogens with zero attached hydrogens (tertiary/aromatic N) is 1. The van der Waals surface area contributed by atoms with Crippen LogP contribution in [0.2, 0.25) is 0 Å². The lowest BCUT2D eigenvalue weighted by molar-refractivity contribution is 0.305. The Morgan fingerprint density at radius 2 is 1.61 bits per heavy atom. The third kappa shape index (κ3) is 2.87. The molecule has 0 aromatic heterocycles. The molecular weight excluding hydrogens is 244 g/mol. The van der Waals surface area contributed by atoms with Crippen LogP contribution in [0.15, 0.2) is 24.3 Å². The summed E-state index contributed by atoms with van der Waals surface area (Å²) < 4.78 is 0. The first kappa shape index (κ1) is 13.9. The molecule has 18 heavy (non-hydrogen) atoms. The van der Waals surface area contributed by atoms with Gasteiger partial charge in [-0.3, -0.25) is 4.90 Å². The Morgan fingerprint density at radius 1 is 1.06 bits per heavy atom. The second-order valence-corrected chi connectivity index (χ2v) is 5.54. The van der Waals surface area contributed by atoms with E-state index in [4.69, 9.17) is 0 Å². The number of hydrogen-bond donors (Lipinski definition) is 1. The van der Waals surface area contributed by atoms with E-state index in [1.54, 1.807) is 0 Å². The Balaban J connectivity index is 0.00000120. The van der Waals surface area contributed by atoms with Gasteiger partial charge in [0, 0.05) is 19.6 Å². The van der Waals surface area contributed by atoms with E-state index in [1.165, 1.54) is 37.3 Å². The van der Waals surface area contributed by atoms with Crippen LogP contribution in [-0.2, 0) is 13.0 Å². The smallest absolute Gasteiger partial charge is 0.0233 e. The van der Waals surface area contributed by atoms with E-state index in [1.807, 2.05) is 0 Å². The fraction of sp³-hybridized carbons (Fsp3) is 0.600. The molecule has 100 valence electrons. The second-order valence-electron chi connectivity index (χ2n) is 5.54. The van der Waals surface area contributed by atoms with Gasteiger partial charge in [0.2, 0.25) is 0 Å². The maximum Gasteiger partial charge on any atom is 0.0233 e. The number of halogens is 1. The normalized spacial score (nSPS) is 26.9. The highest BCUT2D eigenvalue weighted by molar-refractivity contribution is 5.85. The standard InChI is InChI=1S/C15H22N2.ClH/c1-2-12-3-5-13(6-4-12)9-17-10-14-7-16-8-15(14)11-17;/h3-6,14-16H,2,7-11H2,1H3;1H/t14-,15+;. The minimum Gasteiger partial charge on any atom is -0.316 e. The first-order valence-electron chi connectivity index (χ1n) is 6.86. The number of aryl methyl sites for hydroxylation is 1. The monoisotopic (exact) mass is 266 g/mol. The van der Waals surface area contributed by atoms with Crippen LogP contribution in [0.4, 0.5) is 0 Å². The predicted molar refractivity (Wildman–Crippen MR) is 78.2 cm³/mol. The van der Waals surface area contributed by atoms with Crippen molar-refractivity contribution in [2.24, 2.45) is 11.8 Å². The zero-order chi connectivity index (χ0) is 11.7. The molecule has 0 spiro atoms. The van der Waals surface area contributed by atoms with Crippen LogP contribution < -0.4 is 5.32 Å². The first-order valence-corrected chi connectivity index (χ1v) is 6.86. The largest absolute Gasteiger partial charge is 0.316 e. The number of rotatable bonds is 3. The highest BCUT2D eigenvalue weighted by Gasteiger charge is 2.35. The number of hydrogen-bond acceptors (Lipinski definition) is 2. The van der Waals surface area contributed by atoms with E-state index in [-0.39, 0.29) is 12.4 Å². The van der Waals surface area contributed by atoms with E-state index in [0.29, 0.717) is 0 Å². The fourth-order valence-corrected chi connectivity index (χ4v) is 3.22. The molecule has 0 saturated carbocycles. The molecule has 2 atom stereocenters. The third-order valence-electron chi connectivity index (χ3n) is 4.30. The molecule has 2 nitrogen and oxygen atoms in total. The lowest BCUT2D eigenvalue weighted by Gasteiger charge is -2.17. The molecule has 3 rings (SSSR count). The SMILES string of the molecule is CCc1ccc(CN2C[C@H]3CNC[C@H]3C2)cc1.Cl. The van der Waals surface area contributed by atoms with Crippen molar-refractivity contribution < 1.29 is 0 Å². The quantitative estimate of drug-likeness (QED) is 0.903. The minimum absolute atomic E-state index is 0. The van der Waals surface area contributed by atoms with Crippen LogP contribution >= 0.6 is 12.4 Å². The molecule has 1 aromatic carbocycles. The van der Waals surface area contributed by atoms with Gasteiger partial charge in [0.25, 0.3) is 0 Å². The van der Waals surface area contributed by atoms with E-state index in [2.05, 4.69) is 41.4 Å². The van der Waals surface area contributed by atoms with Crippen LogP contribution in [0.5, 0.6) is 0 Å². The van der Waals surface area contributed by atoms with E-state index in [9.17, 15) is 0 Å². The Hall–Kier alpha value is -0.570. The summed E-state index contributed by atoms with van der Waals surface area (Å²) in [6, 6.07) is 9.14. The summed E-state index contributed by atoms with van der Waals surface area (Å²) in [6.45, 7) is 8.38. The van der Waals surface area contributed by atoms with Crippen molar-refractivity contribution in [3.05, 3.63) is 35.4 Å². The van der Waals surface area contributed by atoms with Gasteiger partial charge in [-0.25, -0.2) is 0 Å². The number of benzene rings is 1. The number of likely N-dealkylation sites (tertiary alicyclic amines) is 1. The summed E-state index contributed by atoms with van der Waals surface area (Å²) in [5.41, 5.74) is 2.91. The lowest BCUT2D eigenvalue weighted by Crippen LogP contribution is -2.25. The van der Waals surface area contributed by atoms with Crippen molar-refractivity contribution in [1.82, 2.24) is 10.2 Å². The summed E-state index contributed by atoms with van der Waals surface area (Å²) in [4.78, 5) is 2.62. The van der Waals surface area contributed by atoms with E-state index >= 15 is 0 Å². The summed E-state index contributed by atoms with van der Waals surface area (Å²) in [5.74, 6) is 1.81. The Morgan fingerprint density at radius 3 is 2.17 bits per heavy atom. The minimum atomic E-state index is 0. The van der Waals surface area contributed by atoms with Crippen LogP contribution in [0.25, 0.3) is 0 Å². The zero-order valence-corrected chi connectivity index (χ0v) is 11.9. The van der Waals surface area contributed by atoms with Crippen molar-refractivity contribution >= 4 is 12.4 Å². The number of nitrogens with one attached hydrogen (secondary N) is 1.